The Labute approximate surface area is 93.5 Å². The highest BCUT2D eigenvalue weighted by atomic mass is 16.5. The van der Waals surface area contributed by atoms with E-state index in [0.717, 1.165) is 0 Å². The molecule has 0 heterocycles. The van der Waals surface area contributed by atoms with Gasteiger partial charge in [-0.25, -0.2) is 0 Å². The lowest BCUT2D eigenvalue weighted by molar-refractivity contribution is -0.138. The highest BCUT2D eigenvalue weighted by Gasteiger charge is 2.24. The van der Waals surface area contributed by atoms with Gasteiger partial charge in [-0.3, -0.25) is 4.79 Å². The molecule has 5 heteroatoms. The molecular weight excluding hydrogens is 210 g/mol. The fraction of sp³-hybridized carbons (Fsp3) is 0.364. The second-order valence-electron chi connectivity index (χ2n) is 3.48. The van der Waals surface area contributed by atoms with Crippen molar-refractivity contribution in [2.24, 2.45) is 5.73 Å². The summed E-state index contributed by atoms with van der Waals surface area (Å²) < 4.78 is 5.02. The average Bonchev–Trinajstić information content (AvgIpc) is 2.24. The maximum atomic E-state index is 11.0. The minimum absolute atomic E-state index is 0.0419. The van der Waals surface area contributed by atoms with Crippen LogP contribution in [0.3, 0.4) is 0 Å². The van der Waals surface area contributed by atoms with Crippen LogP contribution in [0.15, 0.2) is 12.1 Å². The number of aliphatic carboxylic acids is 1. The molecule has 0 amide bonds. The first-order chi connectivity index (χ1) is 7.52. The van der Waals surface area contributed by atoms with E-state index in [2.05, 4.69) is 0 Å². The van der Waals surface area contributed by atoms with Gasteiger partial charge in [0, 0.05) is 12.1 Å². The molecule has 1 rings (SSSR count). The molecule has 4 N–H and O–H groups in total. The summed E-state index contributed by atoms with van der Waals surface area (Å²) in [5.41, 5.74) is 6.42. The number of rotatable bonds is 4. The third kappa shape index (κ3) is 2.09. The highest BCUT2D eigenvalue weighted by Crippen LogP contribution is 2.37. The van der Waals surface area contributed by atoms with E-state index < -0.39 is 11.9 Å². The number of aryl methyl sites for hydroxylation is 1. The summed E-state index contributed by atoms with van der Waals surface area (Å²) in [6, 6.07) is 3.25. The third-order valence-electron chi connectivity index (χ3n) is 2.48. The molecule has 88 valence electrons. The molecule has 0 radical (unpaired) electrons. The fourth-order valence-electron chi connectivity index (χ4n) is 1.53. The fourth-order valence-corrected chi connectivity index (χ4v) is 1.53. The van der Waals surface area contributed by atoms with Gasteiger partial charge in [0.25, 0.3) is 0 Å². The van der Waals surface area contributed by atoms with Gasteiger partial charge in [-0.1, -0.05) is 12.1 Å². The van der Waals surface area contributed by atoms with Crippen LogP contribution in [0.25, 0.3) is 0 Å². The SMILES string of the molecule is COc1c(C(CN)C(=O)O)ccc(C)c1O. The number of aromatic hydroxyl groups is 1. The van der Waals surface area contributed by atoms with Crippen molar-refractivity contribution in [3.8, 4) is 11.5 Å². The molecule has 0 aliphatic heterocycles. The summed E-state index contributed by atoms with van der Waals surface area (Å²) >= 11 is 0. The van der Waals surface area contributed by atoms with Crippen LogP contribution >= 0.6 is 0 Å². The first kappa shape index (κ1) is 12.3. The molecule has 0 saturated carbocycles. The van der Waals surface area contributed by atoms with Crippen LogP contribution in [0, 0.1) is 6.92 Å². The minimum atomic E-state index is -1.04. The number of ether oxygens (including phenoxy) is 1. The number of phenols is 1. The summed E-state index contributed by atoms with van der Waals surface area (Å²) in [6.45, 7) is 1.66. The maximum absolute atomic E-state index is 11.0. The Hall–Kier alpha value is -1.75. The largest absolute Gasteiger partial charge is 0.504 e. The van der Waals surface area contributed by atoms with E-state index in [9.17, 15) is 9.90 Å². The van der Waals surface area contributed by atoms with Crippen LogP contribution in [-0.4, -0.2) is 29.8 Å². The molecule has 1 aromatic rings. The normalized spacial score (nSPS) is 12.2. The van der Waals surface area contributed by atoms with Crippen molar-refractivity contribution in [3.63, 3.8) is 0 Å². The molecule has 0 saturated heterocycles. The summed E-state index contributed by atoms with van der Waals surface area (Å²) in [6.07, 6.45) is 0. The van der Waals surface area contributed by atoms with Crippen molar-refractivity contribution in [2.45, 2.75) is 12.8 Å². The Morgan fingerprint density at radius 1 is 1.56 bits per heavy atom. The van der Waals surface area contributed by atoms with Gasteiger partial charge in [0.15, 0.2) is 11.5 Å². The van der Waals surface area contributed by atoms with E-state index in [0.29, 0.717) is 11.1 Å². The second-order valence-corrected chi connectivity index (χ2v) is 3.48. The van der Waals surface area contributed by atoms with Gasteiger partial charge in [-0.05, 0) is 12.5 Å². The van der Waals surface area contributed by atoms with E-state index in [1.54, 1.807) is 19.1 Å². The third-order valence-corrected chi connectivity index (χ3v) is 2.48. The van der Waals surface area contributed by atoms with Crippen LogP contribution in [0.2, 0.25) is 0 Å². The highest BCUT2D eigenvalue weighted by molar-refractivity contribution is 5.78. The zero-order valence-electron chi connectivity index (χ0n) is 9.23. The number of phenolic OH excluding ortho intramolecular Hbond substituents is 1. The Balaban J connectivity index is 3.32. The molecule has 0 aromatic heterocycles. The lowest BCUT2D eigenvalue weighted by Crippen LogP contribution is -2.21. The van der Waals surface area contributed by atoms with Gasteiger partial charge < -0.3 is 20.7 Å². The van der Waals surface area contributed by atoms with Gasteiger partial charge in [0.2, 0.25) is 0 Å². The summed E-state index contributed by atoms with van der Waals surface area (Å²) in [5, 5.41) is 18.7. The smallest absolute Gasteiger partial charge is 0.312 e. The number of nitrogens with two attached hydrogens (primary N) is 1. The van der Waals surface area contributed by atoms with Crippen molar-refractivity contribution in [1.29, 1.82) is 0 Å². The summed E-state index contributed by atoms with van der Waals surface area (Å²) in [7, 11) is 1.38. The first-order valence-corrected chi connectivity index (χ1v) is 4.82. The van der Waals surface area contributed by atoms with Gasteiger partial charge in [-0.15, -0.1) is 0 Å². The summed E-state index contributed by atoms with van der Waals surface area (Å²) in [5.74, 6) is -1.77. The molecule has 16 heavy (non-hydrogen) atoms. The second kappa shape index (κ2) is 4.85. The lowest BCUT2D eigenvalue weighted by atomic mass is 9.96. The van der Waals surface area contributed by atoms with Crippen LogP contribution in [0.4, 0.5) is 0 Å². The van der Waals surface area contributed by atoms with E-state index in [4.69, 9.17) is 15.6 Å². The van der Waals surface area contributed by atoms with Crippen molar-refractivity contribution in [3.05, 3.63) is 23.3 Å². The monoisotopic (exact) mass is 225 g/mol. The van der Waals surface area contributed by atoms with Gasteiger partial charge >= 0.3 is 5.97 Å². The number of benzene rings is 1. The number of hydrogen-bond donors (Lipinski definition) is 3. The van der Waals surface area contributed by atoms with E-state index in [1.807, 2.05) is 0 Å². The molecule has 0 bridgehead atoms. The Morgan fingerprint density at radius 2 is 2.19 bits per heavy atom. The predicted octanol–water partition coefficient (Wildman–Crippen LogP) is 0.836. The van der Waals surface area contributed by atoms with Gasteiger partial charge in [0.1, 0.15) is 0 Å². The molecule has 0 aliphatic rings. The van der Waals surface area contributed by atoms with Crippen LogP contribution in [0.1, 0.15) is 17.0 Å². The van der Waals surface area contributed by atoms with Crippen molar-refractivity contribution >= 4 is 5.97 Å². The Bertz CT molecular complexity index is 403. The van der Waals surface area contributed by atoms with Gasteiger partial charge in [-0.2, -0.15) is 0 Å². The topological polar surface area (TPSA) is 92.8 Å². The number of carbonyl (C=O) groups is 1. The quantitative estimate of drug-likeness (QED) is 0.706. The molecule has 1 unspecified atom stereocenters. The molecule has 1 atom stereocenters. The van der Waals surface area contributed by atoms with Crippen LogP contribution < -0.4 is 10.5 Å². The van der Waals surface area contributed by atoms with Crippen LogP contribution in [-0.2, 0) is 4.79 Å². The van der Waals surface area contributed by atoms with E-state index in [1.165, 1.54) is 7.11 Å². The number of methoxy groups -OCH3 is 1. The minimum Gasteiger partial charge on any atom is -0.504 e. The van der Waals surface area contributed by atoms with Crippen molar-refractivity contribution < 1.29 is 19.7 Å². The Morgan fingerprint density at radius 3 is 2.62 bits per heavy atom. The van der Waals surface area contributed by atoms with Crippen molar-refractivity contribution in [2.75, 3.05) is 13.7 Å². The predicted molar refractivity (Wildman–Crippen MR) is 58.8 cm³/mol. The number of carboxylic acids is 1. The van der Waals surface area contributed by atoms with Crippen LogP contribution in [0.5, 0.6) is 11.5 Å². The molecule has 1 aromatic carbocycles. The number of carboxylic acid groups (broad SMARTS) is 1. The Kier molecular flexibility index (Phi) is 3.73. The lowest BCUT2D eigenvalue weighted by Gasteiger charge is -2.16. The molecule has 0 fully saturated rings. The standard InChI is InChI=1S/C11H15NO4/c1-6-3-4-7(8(5-12)11(14)15)10(16-2)9(6)13/h3-4,8,13H,5,12H2,1-2H3,(H,14,15). The van der Waals surface area contributed by atoms with Gasteiger partial charge in [0.05, 0.1) is 13.0 Å². The zero-order chi connectivity index (χ0) is 12.3. The maximum Gasteiger partial charge on any atom is 0.312 e. The summed E-state index contributed by atoms with van der Waals surface area (Å²) in [4.78, 5) is 11.0. The molecule has 5 nitrogen and oxygen atoms in total. The zero-order valence-corrected chi connectivity index (χ0v) is 9.23. The average molecular weight is 225 g/mol. The molecule has 0 spiro atoms. The van der Waals surface area contributed by atoms with E-state index in [-0.39, 0.29) is 18.0 Å². The first-order valence-electron chi connectivity index (χ1n) is 4.82. The van der Waals surface area contributed by atoms with Crippen molar-refractivity contribution in [1.82, 2.24) is 0 Å². The number of hydrogen-bond acceptors (Lipinski definition) is 4. The molecule has 0 aliphatic carbocycles. The van der Waals surface area contributed by atoms with E-state index >= 15 is 0 Å². The molecular formula is C11H15NO4.